The average Bonchev–Trinajstić information content (AvgIpc) is 2.73. The molecule has 2 aromatic carbocycles. The number of rotatable bonds is 8. The molecule has 0 atom stereocenters. The van der Waals surface area contributed by atoms with Gasteiger partial charge in [-0.1, -0.05) is 29.8 Å². The quantitative estimate of drug-likeness (QED) is 0.468. The van der Waals surface area contributed by atoms with Crippen LogP contribution in [0.3, 0.4) is 0 Å². The van der Waals surface area contributed by atoms with E-state index in [1.54, 1.807) is 24.3 Å². The van der Waals surface area contributed by atoms with Gasteiger partial charge in [0.05, 0.1) is 6.42 Å². The number of benzene rings is 2. The van der Waals surface area contributed by atoms with Gasteiger partial charge in [-0.2, -0.15) is 15.0 Å². The first-order valence-corrected chi connectivity index (χ1v) is 9.39. The first-order valence-electron chi connectivity index (χ1n) is 9.01. The van der Waals surface area contributed by atoms with E-state index >= 15 is 0 Å². The normalized spacial score (nSPS) is 10.3. The lowest BCUT2D eigenvalue weighted by atomic mass is 10.2. The highest BCUT2D eigenvalue weighted by molar-refractivity contribution is 6.30. The van der Waals surface area contributed by atoms with Crippen LogP contribution >= 0.6 is 11.6 Å². The second kappa shape index (κ2) is 10.2. The lowest BCUT2D eigenvalue weighted by Crippen LogP contribution is -2.26. The van der Waals surface area contributed by atoms with Crippen LogP contribution in [0.2, 0.25) is 5.02 Å². The molecule has 10 heteroatoms. The van der Waals surface area contributed by atoms with Crippen LogP contribution in [-0.4, -0.2) is 33.4 Å². The van der Waals surface area contributed by atoms with E-state index in [4.69, 9.17) is 22.1 Å². The standard InChI is InChI=1S/C20H19ClN6O3/c21-14-8-6-13(7-9-14)18(29)23-11-10-17(28)30-12-16-25-19(22)27-20(26-16)24-15-4-2-1-3-5-15/h1-9H,10-12H2,(H,23,29)(H3,22,24,25,26,27). The molecule has 0 aliphatic rings. The van der Waals surface area contributed by atoms with Crippen molar-refractivity contribution >= 4 is 41.1 Å². The molecule has 1 heterocycles. The Balaban J connectivity index is 1.46. The zero-order chi connectivity index (χ0) is 21.3. The zero-order valence-electron chi connectivity index (χ0n) is 15.8. The number of anilines is 3. The molecule has 0 spiro atoms. The maximum atomic E-state index is 12.0. The van der Waals surface area contributed by atoms with Gasteiger partial charge in [0.25, 0.3) is 5.91 Å². The van der Waals surface area contributed by atoms with Crippen molar-refractivity contribution < 1.29 is 14.3 Å². The van der Waals surface area contributed by atoms with Gasteiger partial charge in [0, 0.05) is 22.8 Å². The van der Waals surface area contributed by atoms with Crippen molar-refractivity contribution in [3.05, 3.63) is 71.0 Å². The van der Waals surface area contributed by atoms with E-state index in [1.807, 2.05) is 30.3 Å². The molecule has 3 aromatic rings. The van der Waals surface area contributed by atoms with Crippen molar-refractivity contribution in [1.29, 1.82) is 0 Å². The topological polar surface area (TPSA) is 132 Å². The van der Waals surface area contributed by atoms with Gasteiger partial charge in [-0.15, -0.1) is 0 Å². The third kappa shape index (κ3) is 6.42. The zero-order valence-corrected chi connectivity index (χ0v) is 16.6. The van der Waals surface area contributed by atoms with E-state index in [0.29, 0.717) is 10.6 Å². The summed E-state index contributed by atoms with van der Waals surface area (Å²) in [4.78, 5) is 36.1. The first kappa shape index (κ1) is 21.0. The summed E-state index contributed by atoms with van der Waals surface area (Å²) in [5.74, 6) is -0.358. The van der Waals surface area contributed by atoms with Crippen LogP contribution in [0.25, 0.3) is 0 Å². The van der Waals surface area contributed by atoms with Crippen molar-refractivity contribution in [2.24, 2.45) is 0 Å². The summed E-state index contributed by atoms with van der Waals surface area (Å²) >= 11 is 5.79. The molecule has 0 unspecified atom stereocenters. The number of nitrogens with one attached hydrogen (secondary N) is 2. The Morgan fingerprint density at radius 3 is 2.47 bits per heavy atom. The van der Waals surface area contributed by atoms with E-state index in [0.717, 1.165) is 5.69 Å². The van der Waals surface area contributed by atoms with Crippen molar-refractivity contribution in [1.82, 2.24) is 20.3 Å². The van der Waals surface area contributed by atoms with Gasteiger partial charge < -0.3 is 21.1 Å². The monoisotopic (exact) mass is 426 g/mol. The summed E-state index contributed by atoms with van der Waals surface area (Å²) in [6.45, 7) is -0.0411. The number of hydrogen-bond acceptors (Lipinski definition) is 8. The van der Waals surface area contributed by atoms with Crippen molar-refractivity contribution in [2.75, 3.05) is 17.6 Å². The van der Waals surface area contributed by atoms with E-state index in [-0.39, 0.29) is 43.2 Å². The fourth-order valence-corrected chi connectivity index (χ4v) is 2.53. The number of carbonyl (C=O) groups is 2. The largest absolute Gasteiger partial charge is 0.457 e. The SMILES string of the molecule is Nc1nc(COC(=O)CCNC(=O)c2ccc(Cl)cc2)nc(Nc2ccccc2)n1. The van der Waals surface area contributed by atoms with E-state index < -0.39 is 5.97 Å². The third-order valence-electron chi connectivity index (χ3n) is 3.81. The first-order chi connectivity index (χ1) is 14.5. The summed E-state index contributed by atoms with van der Waals surface area (Å²) in [7, 11) is 0. The minimum atomic E-state index is -0.511. The molecule has 30 heavy (non-hydrogen) atoms. The smallest absolute Gasteiger partial charge is 0.308 e. The molecule has 1 amide bonds. The van der Waals surface area contributed by atoms with Crippen LogP contribution in [-0.2, 0) is 16.1 Å². The van der Waals surface area contributed by atoms with E-state index in [2.05, 4.69) is 25.6 Å². The minimum Gasteiger partial charge on any atom is -0.457 e. The van der Waals surface area contributed by atoms with Crippen molar-refractivity contribution in [2.45, 2.75) is 13.0 Å². The fourth-order valence-electron chi connectivity index (χ4n) is 2.41. The third-order valence-corrected chi connectivity index (χ3v) is 4.06. The Labute approximate surface area is 177 Å². The van der Waals surface area contributed by atoms with Gasteiger partial charge in [0.15, 0.2) is 12.4 Å². The Hall–Kier alpha value is -3.72. The summed E-state index contributed by atoms with van der Waals surface area (Å²) in [5, 5.41) is 6.18. The number of ether oxygens (including phenoxy) is 1. The summed E-state index contributed by atoms with van der Waals surface area (Å²) in [5.41, 5.74) is 6.93. The number of para-hydroxylation sites is 1. The fraction of sp³-hybridized carbons (Fsp3) is 0.150. The van der Waals surface area contributed by atoms with Crippen LogP contribution < -0.4 is 16.4 Å². The molecule has 1 aromatic heterocycles. The molecule has 0 aliphatic carbocycles. The average molecular weight is 427 g/mol. The number of carbonyl (C=O) groups excluding carboxylic acids is 2. The van der Waals surface area contributed by atoms with Gasteiger partial charge in [-0.25, -0.2) is 0 Å². The van der Waals surface area contributed by atoms with Crippen LogP contribution in [0.1, 0.15) is 22.6 Å². The number of hydrogen-bond donors (Lipinski definition) is 3. The highest BCUT2D eigenvalue weighted by Gasteiger charge is 2.10. The van der Waals surface area contributed by atoms with Crippen LogP contribution in [0.15, 0.2) is 54.6 Å². The Bertz CT molecular complexity index is 1010. The maximum absolute atomic E-state index is 12.0. The molecule has 3 rings (SSSR count). The second-order valence-corrected chi connectivity index (χ2v) is 6.53. The van der Waals surface area contributed by atoms with Crippen molar-refractivity contribution in [3.63, 3.8) is 0 Å². The Morgan fingerprint density at radius 1 is 1.00 bits per heavy atom. The molecule has 0 radical (unpaired) electrons. The van der Waals surface area contributed by atoms with Gasteiger partial charge >= 0.3 is 5.97 Å². The van der Waals surface area contributed by atoms with Gasteiger partial charge in [0.1, 0.15) is 0 Å². The summed E-state index contributed by atoms with van der Waals surface area (Å²) in [6, 6.07) is 15.7. The molecule has 0 aliphatic heterocycles. The van der Waals surface area contributed by atoms with Gasteiger partial charge in [-0.05, 0) is 36.4 Å². The number of nitrogens with zero attached hydrogens (tertiary/aromatic N) is 3. The highest BCUT2D eigenvalue weighted by Crippen LogP contribution is 2.13. The molecule has 0 saturated carbocycles. The van der Waals surface area contributed by atoms with E-state index in [1.165, 1.54) is 0 Å². The number of halogens is 1. The molecular formula is C20H19ClN6O3. The maximum Gasteiger partial charge on any atom is 0.308 e. The molecule has 0 bridgehead atoms. The number of aromatic nitrogens is 3. The minimum absolute atomic E-state index is 0.00436. The lowest BCUT2D eigenvalue weighted by Gasteiger charge is -2.08. The molecule has 4 N–H and O–H groups in total. The molecule has 0 fully saturated rings. The number of esters is 1. The number of nitrogen functional groups attached to an aromatic ring is 1. The van der Waals surface area contributed by atoms with Crippen molar-refractivity contribution in [3.8, 4) is 0 Å². The van der Waals surface area contributed by atoms with Crippen LogP contribution in [0.4, 0.5) is 17.6 Å². The molecule has 9 nitrogen and oxygen atoms in total. The van der Waals surface area contributed by atoms with Crippen LogP contribution in [0.5, 0.6) is 0 Å². The van der Waals surface area contributed by atoms with Gasteiger partial charge in [-0.3, -0.25) is 9.59 Å². The van der Waals surface area contributed by atoms with Gasteiger partial charge in [0.2, 0.25) is 11.9 Å². The predicted octanol–water partition coefficient (Wildman–Crippen LogP) is 2.71. The van der Waals surface area contributed by atoms with E-state index in [9.17, 15) is 9.59 Å². The number of amides is 1. The Morgan fingerprint density at radius 2 is 1.73 bits per heavy atom. The molecular weight excluding hydrogens is 408 g/mol. The lowest BCUT2D eigenvalue weighted by molar-refractivity contribution is -0.145. The molecule has 0 saturated heterocycles. The van der Waals surface area contributed by atoms with Crippen LogP contribution in [0, 0.1) is 0 Å². The highest BCUT2D eigenvalue weighted by atomic mass is 35.5. The summed E-state index contributed by atoms with van der Waals surface area (Å²) in [6.07, 6.45) is -0.00494. The predicted molar refractivity (Wildman–Crippen MR) is 112 cm³/mol. The second-order valence-electron chi connectivity index (χ2n) is 6.10. The molecule has 154 valence electrons. The summed E-state index contributed by atoms with van der Waals surface area (Å²) < 4.78 is 5.15. The number of nitrogens with two attached hydrogens (primary N) is 1. The Kier molecular flexibility index (Phi) is 7.12.